The second-order valence-electron chi connectivity index (χ2n) is 5.06. The summed E-state index contributed by atoms with van der Waals surface area (Å²) >= 11 is 12.2. The van der Waals surface area contributed by atoms with E-state index in [1.54, 1.807) is 12.1 Å². The molecule has 1 amide bonds. The van der Waals surface area contributed by atoms with Gasteiger partial charge < -0.3 is 11.1 Å². The Hall–Kier alpha value is -0.970. The van der Waals surface area contributed by atoms with Gasteiger partial charge in [-0.25, -0.2) is 0 Å². The number of halogens is 2. The van der Waals surface area contributed by atoms with Crippen LogP contribution in [0.15, 0.2) is 12.1 Å². The Kier molecular flexibility index (Phi) is 7.29. The van der Waals surface area contributed by atoms with Crippen molar-refractivity contribution < 1.29 is 4.79 Å². The molecule has 0 heterocycles. The molecule has 4 nitrogen and oxygen atoms in total. The first kappa shape index (κ1) is 18.1. The summed E-state index contributed by atoms with van der Waals surface area (Å²) in [4.78, 5) is 14.5. The summed E-state index contributed by atoms with van der Waals surface area (Å²) in [7, 11) is 0. The molecule has 1 unspecified atom stereocenters. The minimum atomic E-state index is -0.241. The lowest BCUT2D eigenvalue weighted by Crippen LogP contribution is -2.42. The summed E-state index contributed by atoms with van der Waals surface area (Å²) in [6, 6.07) is 2.90. The van der Waals surface area contributed by atoms with Crippen molar-refractivity contribution in [2.45, 2.75) is 39.7 Å². The number of anilines is 2. The minimum absolute atomic E-state index is 0.120. The molecule has 0 spiro atoms. The molecule has 0 aliphatic rings. The monoisotopic (exact) mass is 331 g/mol. The Balaban J connectivity index is 2.84. The summed E-state index contributed by atoms with van der Waals surface area (Å²) in [5.41, 5.74) is 6.54. The minimum Gasteiger partial charge on any atom is -0.399 e. The molecule has 1 aromatic rings. The molecule has 0 aliphatic carbocycles. The zero-order chi connectivity index (χ0) is 16.0. The smallest absolute Gasteiger partial charge is 0.241 e. The average Bonchev–Trinajstić information content (AvgIpc) is 2.41. The predicted octanol–water partition coefficient (Wildman–Crippen LogP) is 4.02. The highest BCUT2D eigenvalue weighted by atomic mass is 35.5. The predicted molar refractivity (Wildman–Crippen MR) is 91.1 cm³/mol. The number of nitrogens with two attached hydrogens (primary N) is 1. The van der Waals surface area contributed by atoms with E-state index in [1.165, 1.54) is 0 Å². The first-order chi connectivity index (χ1) is 9.90. The van der Waals surface area contributed by atoms with E-state index in [0.29, 0.717) is 21.4 Å². The van der Waals surface area contributed by atoms with Crippen LogP contribution in [0.2, 0.25) is 10.0 Å². The number of hydrogen-bond acceptors (Lipinski definition) is 3. The third-order valence-electron chi connectivity index (χ3n) is 3.26. The van der Waals surface area contributed by atoms with Crippen molar-refractivity contribution in [3.8, 4) is 0 Å². The highest BCUT2D eigenvalue weighted by Gasteiger charge is 2.21. The number of carbonyl (C=O) groups excluding carboxylic acids is 1. The lowest BCUT2D eigenvalue weighted by Gasteiger charge is -2.27. The third-order valence-corrected chi connectivity index (χ3v) is 3.86. The van der Waals surface area contributed by atoms with Gasteiger partial charge in [0.25, 0.3) is 0 Å². The van der Waals surface area contributed by atoms with E-state index < -0.39 is 0 Å². The summed E-state index contributed by atoms with van der Waals surface area (Å²) < 4.78 is 0. The zero-order valence-corrected chi connectivity index (χ0v) is 14.3. The van der Waals surface area contributed by atoms with Gasteiger partial charge >= 0.3 is 0 Å². The highest BCUT2D eigenvalue weighted by molar-refractivity contribution is 6.40. The summed E-state index contributed by atoms with van der Waals surface area (Å²) in [6.45, 7) is 7.85. The molecular weight excluding hydrogens is 309 g/mol. The average molecular weight is 332 g/mol. The summed E-state index contributed by atoms with van der Waals surface area (Å²) in [6.07, 6.45) is 2.00. The number of amides is 1. The van der Waals surface area contributed by atoms with Crippen molar-refractivity contribution in [2.75, 3.05) is 24.1 Å². The maximum atomic E-state index is 12.4. The van der Waals surface area contributed by atoms with Crippen LogP contribution in [0, 0.1) is 0 Å². The van der Waals surface area contributed by atoms with E-state index >= 15 is 0 Å². The van der Waals surface area contributed by atoms with E-state index in [9.17, 15) is 4.79 Å². The fourth-order valence-corrected chi connectivity index (χ4v) is 2.78. The van der Waals surface area contributed by atoms with Crippen LogP contribution in [0.1, 0.15) is 33.6 Å². The summed E-state index contributed by atoms with van der Waals surface area (Å²) in [5.74, 6) is -0.120. The number of hydrogen-bond donors (Lipinski definition) is 2. The Labute approximate surface area is 136 Å². The van der Waals surface area contributed by atoms with Crippen LogP contribution < -0.4 is 11.1 Å². The highest BCUT2D eigenvalue weighted by Crippen LogP contribution is 2.33. The largest absolute Gasteiger partial charge is 0.399 e. The van der Waals surface area contributed by atoms with Crippen LogP contribution in [0.25, 0.3) is 0 Å². The molecule has 0 aliphatic heterocycles. The van der Waals surface area contributed by atoms with Gasteiger partial charge in [0.1, 0.15) is 0 Å². The maximum Gasteiger partial charge on any atom is 0.241 e. The lowest BCUT2D eigenvalue weighted by molar-refractivity contribution is -0.120. The molecule has 0 saturated carbocycles. The van der Waals surface area contributed by atoms with Gasteiger partial charge in [0, 0.05) is 5.69 Å². The van der Waals surface area contributed by atoms with E-state index in [1.807, 2.05) is 6.92 Å². The van der Waals surface area contributed by atoms with Crippen LogP contribution >= 0.6 is 23.2 Å². The van der Waals surface area contributed by atoms with E-state index in [0.717, 1.165) is 25.9 Å². The topological polar surface area (TPSA) is 58.4 Å². The van der Waals surface area contributed by atoms with E-state index in [2.05, 4.69) is 24.1 Å². The molecule has 0 radical (unpaired) electrons. The fraction of sp³-hybridized carbons (Fsp3) is 0.533. The van der Waals surface area contributed by atoms with Crippen LogP contribution in [-0.2, 0) is 4.79 Å². The van der Waals surface area contributed by atoms with Crippen molar-refractivity contribution in [1.82, 2.24) is 4.90 Å². The van der Waals surface area contributed by atoms with E-state index in [4.69, 9.17) is 28.9 Å². The van der Waals surface area contributed by atoms with Gasteiger partial charge in [0.05, 0.1) is 21.8 Å². The molecule has 21 heavy (non-hydrogen) atoms. The number of nitrogens with zero attached hydrogens (tertiary/aromatic N) is 1. The third kappa shape index (κ3) is 5.06. The number of nitrogens with one attached hydrogen (secondary N) is 1. The number of carbonyl (C=O) groups is 1. The fourth-order valence-electron chi connectivity index (χ4n) is 2.18. The number of benzene rings is 1. The quantitative estimate of drug-likeness (QED) is 0.741. The van der Waals surface area contributed by atoms with Crippen LogP contribution in [0.4, 0.5) is 11.4 Å². The van der Waals surface area contributed by atoms with Gasteiger partial charge in [-0.1, -0.05) is 37.0 Å². The van der Waals surface area contributed by atoms with Gasteiger partial charge in [0.2, 0.25) is 5.91 Å². The zero-order valence-electron chi connectivity index (χ0n) is 12.7. The van der Waals surface area contributed by atoms with Gasteiger partial charge in [-0.3, -0.25) is 9.69 Å². The van der Waals surface area contributed by atoms with Crippen molar-refractivity contribution in [3.05, 3.63) is 22.2 Å². The molecule has 1 rings (SSSR count). The van der Waals surface area contributed by atoms with Gasteiger partial charge in [-0.2, -0.15) is 0 Å². The van der Waals surface area contributed by atoms with Gasteiger partial charge in [-0.05, 0) is 45.0 Å². The van der Waals surface area contributed by atoms with Gasteiger partial charge in [-0.15, -0.1) is 0 Å². The Morgan fingerprint density at radius 2 is 1.71 bits per heavy atom. The molecule has 3 N–H and O–H groups in total. The van der Waals surface area contributed by atoms with Crippen molar-refractivity contribution >= 4 is 40.5 Å². The standard InChI is InChI=1S/C15H23Cl2N3O/c1-4-6-20(7-5-2)10(3)15(21)19-14-12(16)8-11(18)9-13(14)17/h8-10H,4-7,18H2,1-3H3,(H,19,21). The molecule has 6 heteroatoms. The molecule has 0 bridgehead atoms. The summed E-state index contributed by atoms with van der Waals surface area (Å²) in [5, 5.41) is 3.49. The number of nitrogen functional groups attached to an aromatic ring is 1. The van der Waals surface area contributed by atoms with Crippen molar-refractivity contribution in [1.29, 1.82) is 0 Å². The maximum absolute atomic E-state index is 12.4. The Morgan fingerprint density at radius 3 is 2.14 bits per heavy atom. The first-order valence-electron chi connectivity index (χ1n) is 7.20. The molecule has 0 fully saturated rings. The normalized spacial score (nSPS) is 12.5. The Bertz CT molecular complexity index is 465. The van der Waals surface area contributed by atoms with E-state index in [-0.39, 0.29) is 11.9 Å². The van der Waals surface area contributed by atoms with Crippen molar-refractivity contribution in [2.24, 2.45) is 0 Å². The van der Waals surface area contributed by atoms with Gasteiger partial charge in [0.15, 0.2) is 0 Å². The molecule has 0 aromatic heterocycles. The van der Waals surface area contributed by atoms with Crippen LogP contribution in [-0.4, -0.2) is 29.9 Å². The molecular formula is C15H23Cl2N3O. The molecule has 118 valence electrons. The second kappa shape index (κ2) is 8.47. The SMILES string of the molecule is CCCN(CCC)C(C)C(=O)Nc1c(Cl)cc(N)cc1Cl. The van der Waals surface area contributed by atoms with Crippen LogP contribution in [0.5, 0.6) is 0 Å². The van der Waals surface area contributed by atoms with Crippen LogP contribution in [0.3, 0.4) is 0 Å². The first-order valence-corrected chi connectivity index (χ1v) is 7.95. The molecule has 0 saturated heterocycles. The lowest BCUT2D eigenvalue weighted by atomic mass is 10.2. The van der Waals surface area contributed by atoms with Crippen molar-refractivity contribution in [3.63, 3.8) is 0 Å². The molecule has 1 atom stereocenters. The molecule has 1 aromatic carbocycles. The Morgan fingerprint density at radius 1 is 1.24 bits per heavy atom. The second-order valence-corrected chi connectivity index (χ2v) is 5.88. The number of rotatable bonds is 7.